The molecule has 29 heavy (non-hydrogen) atoms. The van der Waals surface area contributed by atoms with Gasteiger partial charge in [0.1, 0.15) is 0 Å². The molecule has 3 heterocycles. The highest BCUT2D eigenvalue weighted by Crippen LogP contribution is 2.22. The van der Waals surface area contributed by atoms with Crippen LogP contribution >= 0.6 is 0 Å². The molecule has 7 heteroatoms. The molecular formula is C22H27N5O2. The number of aromatic nitrogens is 5. The molecule has 0 aliphatic heterocycles. The van der Waals surface area contributed by atoms with Crippen LogP contribution in [-0.2, 0) is 20.0 Å². The summed E-state index contributed by atoms with van der Waals surface area (Å²) in [7, 11) is 1.69. The number of hydrogen-bond acceptors (Lipinski definition) is 3. The molecule has 0 unspecified atom stereocenters. The molecular weight excluding hydrogens is 366 g/mol. The van der Waals surface area contributed by atoms with Gasteiger partial charge >= 0.3 is 5.69 Å². The Morgan fingerprint density at radius 1 is 1.14 bits per heavy atom. The van der Waals surface area contributed by atoms with Gasteiger partial charge in [0.2, 0.25) is 5.78 Å². The van der Waals surface area contributed by atoms with Crippen LogP contribution in [0.5, 0.6) is 0 Å². The molecule has 0 spiro atoms. The van der Waals surface area contributed by atoms with Crippen molar-refractivity contribution in [3.63, 3.8) is 0 Å². The topological polar surface area (TPSA) is 66.2 Å². The van der Waals surface area contributed by atoms with Gasteiger partial charge in [-0.2, -0.15) is 4.98 Å². The van der Waals surface area contributed by atoms with Gasteiger partial charge in [-0.3, -0.25) is 18.3 Å². The highest BCUT2D eigenvalue weighted by molar-refractivity contribution is 5.75. The first-order chi connectivity index (χ1) is 13.9. The molecule has 0 N–H and O–H groups in total. The SMILES string of the molecule is CC[C@@H](C)n1c(C)cn2c3c(=O)n(CCCc4ccccc4)c(=O)n(C)c3nc12. The Morgan fingerprint density at radius 2 is 1.86 bits per heavy atom. The third kappa shape index (κ3) is 3.10. The zero-order valence-corrected chi connectivity index (χ0v) is 17.4. The van der Waals surface area contributed by atoms with Crippen LogP contribution in [0, 0.1) is 6.92 Å². The highest BCUT2D eigenvalue weighted by atomic mass is 16.2. The fourth-order valence-electron chi connectivity index (χ4n) is 4.04. The van der Waals surface area contributed by atoms with Crippen molar-refractivity contribution in [2.45, 2.75) is 52.6 Å². The van der Waals surface area contributed by atoms with Crippen LogP contribution in [0.2, 0.25) is 0 Å². The van der Waals surface area contributed by atoms with Gasteiger partial charge in [-0.1, -0.05) is 37.3 Å². The minimum Gasteiger partial charge on any atom is -0.311 e. The maximum atomic E-state index is 13.3. The van der Waals surface area contributed by atoms with Crippen LogP contribution in [0.25, 0.3) is 16.9 Å². The Morgan fingerprint density at radius 3 is 2.55 bits per heavy atom. The summed E-state index contributed by atoms with van der Waals surface area (Å²) in [5.74, 6) is 0.709. The predicted octanol–water partition coefficient (Wildman–Crippen LogP) is 3.06. The molecule has 0 saturated heterocycles. The van der Waals surface area contributed by atoms with Gasteiger partial charge in [-0.05, 0) is 38.7 Å². The second-order valence-electron chi connectivity index (χ2n) is 7.74. The van der Waals surface area contributed by atoms with E-state index < -0.39 is 0 Å². The van der Waals surface area contributed by atoms with Crippen molar-refractivity contribution in [3.8, 4) is 0 Å². The third-order valence-electron chi connectivity index (χ3n) is 5.79. The number of aryl methyl sites for hydroxylation is 3. The second-order valence-corrected chi connectivity index (χ2v) is 7.74. The van der Waals surface area contributed by atoms with Crippen molar-refractivity contribution in [2.75, 3.05) is 0 Å². The van der Waals surface area contributed by atoms with Crippen molar-refractivity contribution >= 4 is 16.9 Å². The lowest BCUT2D eigenvalue weighted by Crippen LogP contribution is -2.39. The lowest BCUT2D eigenvalue weighted by Gasteiger charge is -2.12. The van der Waals surface area contributed by atoms with Crippen molar-refractivity contribution < 1.29 is 0 Å². The quantitative estimate of drug-likeness (QED) is 0.506. The Hall–Kier alpha value is -3.09. The Labute approximate surface area is 168 Å². The minimum atomic E-state index is -0.317. The molecule has 3 aromatic heterocycles. The minimum absolute atomic E-state index is 0.259. The van der Waals surface area contributed by atoms with Crippen LogP contribution in [-0.4, -0.2) is 23.1 Å². The summed E-state index contributed by atoms with van der Waals surface area (Å²) >= 11 is 0. The number of hydrogen-bond donors (Lipinski definition) is 0. The van der Waals surface area contributed by atoms with E-state index in [1.165, 1.54) is 14.7 Å². The lowest BCUT2D eigenvalue weighted by molar-refractivity contribution is 0.532. The summed E-state index contributed by atoms with van der Waals surface area (Å²) in [4.78, 5) is 30.8. The van der Waals surface area contributed by atoms with Gasteiger partial charge in [0.15, 0.2) is 11.2 Å². The van der Waals surface area contributed by atoms with E-state index in [9.17, 15) is 9.59 Å². The van der Waals surface area contributed by atoms with Crippen LogP contribution in [0.4, 0.5) is 0 Å². The molecule has 7 nitrogen and oxygen atoms in total. The standard InChI is InChI=1S/C22H27N5O2/c1-5-15(2)27-16(3)14-26-18-19(23-21(26)27)24(4)22(29)25(20(18)28)13-9-12-17-10-7-6-8-11-17/h6-8,10-11,14-15H,5,9,12-13H2,1-4H3/t15-/m1/s1. The molecule has 0 amide bonds. The van der Waals surface area contributed by atoms with E-state index in [0.29, 0.717) is 23.5 Å². The van der Waals surface area contributed by atoms with Gasteiger partial charge in [0.25, 0.3) is 5.56 Å². The van der Waals surface area contributed by atoms with Crippen molar-refractivity contribution in [3.05, 3.63) is 68.6 Å². The molecule has 0 radical (unpaired) electrons. The van der Waals surface area contributed by atoms with Crippen molar-refractivity contribution in [2.24, 2.45) is 7.05 Å². The largest absolute Gasteiger partial charge is 0.332 e. The summed E-state index contributed by atoms with van der Waals surface area (Å²) in [5, 5.41) is 0. The van der Waals surface area contributed by atoms with Gasteiger partial charge in [-0.25, -0.2) is 4.79 Å². The van der Waals surface area contributed by atoms with Gasteiger partial charge in [0, 0.05) is 31.5 Å². The van der Waals surface area contributed by atoms with E-state index in [4.69, 9.17) is 0 Å². The lowest BCUT2D eigenvalue weighted by atomic mass is 10.1. The monoisotopic (exact) mass is 393 g/mol. The zero-order chi connectivity index (χ0) is 20.7. The van der Waals surface area contributed by atoms with Crippen LogP contribution in [0.1, 0.15) is 44.0 Å². The van der Waals surface area contributed by atoms with Crippen LogP contribution in [0.3, 0.4) is 0 Å². The summed E-state index contributed by atoms with van der Waals surface area (Å²) < 4.78 is 6.80. The predicted molar refractivity (Wildman–Crippen MR) is 115 cm³/mol. The van der Waals surface area contributed by atoms with Gasteiger partial charge < -0.3 is 4.57 Å². The average molecular weight is 393 g/mol. The van der Waals surface area contributed by atoms with Crippen LogP contribution < -0.4 is 11.2 Å². The maximum Gasteiger partial charge on any atom is 0.332 e. The number of benzene rings is 1. The van der Waals surface area contributed by atoms with Crippen LogP contribution in [0.15, 0.2) is 46.1 Å². The van der Waals surface area contributed by atoms with Crippen molar-refractivity contribution in [1.82, 2.24) is 23.1 Å². The third-order valence-corrected chi connectivity index (χ3v) is 5.79. The first-order valence-electron chi connectivity index (χ1n) is 10.2. The molecule has 0 aliphatic rings. The Kier molecular flexibility index (Phi) is 4.90. The second kappa shape index (κ2) is 7.39. The first-order valence-corrected chi connectivity index (χ1v) is 10.2. The number of fused-ring (bicyclic) bond motifs is 3. The summed E-state index contributed by atoms with van der Waals surface area (Å²) in [6.45, 7) is 6.66. The molecule has 0 bridgehead atoms. The average Bonchev–Trinajstić information content (AvgIpc) is 3.23. The molecule has 1 atom stereocenters. The molecule has 4 rings (SSSR count). The summed E-state index contributed by atoms with van der Waals surface area (Å²) in [6, 6.07) is 10.4. The number of imidazole rings is 2. The Bertz CT molecular complexity index is 1290. The molecule has 0 fully saturated rings. The summed E-state index contributed by atoms with van der Waals surface area (Å²) in [5.41, 5.74) is 2.56. The van der Waals surface area contributed by atoms with Gasteiger partial charge in [0.05, 0.1) is 0 Å². The highest BCUT2D eigenvalue weighted by Gasteiger charge is 2.21. The Balaban J connectivity index is 1.81. The van der Waals surface area contributed by atoms with Crippen molar-refractivity contribution in [1.29, 1.82) is 0 Å². The van der Waals surface area contributed by atoms with E-state index >= 15 is 0 Å². The number of nitrogens with zero attached hydrogens (tertiary/aromatic N) is 5. The normalized spacial score (nSPS) is 12.8. The van der Waals surface area contributed by atoms with Gasteiger partial charge in [-0.15, -0.1) is 0 Å². The smallest absolute Gasteiger partial charge is 0.311 e. The number of rotatable bonds is 6. The van der Waals surface area contributed by atoms with E-state index in [0.717, 1.165) is 25.0 Å². The molecule has 4 aromatic rings. The molecule has 152 valence electrons. The maximum absolute atomic E-state index is 13.3. The van der Waals surface area contributed by atoms with E-state index in [1.807, 2.05) is 35.7 Å². The molecule has 1 aromatic carbocycles. The first kappa shape index (κ1) is 19.2. The fraction of sp³-hybridized carbons (Fsp3) is 0.409. The molecule has 0 saturated carbocycles. The fourth-order valence-corrected chi connectivity index (χ4v) is 4.04. The van der Waals surface area contributed by atoms with E-state index in [2.05, 4.69) is 35.5 Å². The van der Waals surface area contributed by atoms with E-state index in [-0.39, 0.29) is 17.3 Å². The van der Waals surface area contributed by atoms with E-state index in [1.54, 1.807) is 7.05 Å². The zero-order valence-electron chi connectivity index (χ0n) is 17.4. The molecule has 0 aliphatic carbocycles. The summed E-state index contributed by atoms with van der Waals surface area (Å²) in [6.07, 6.45) is 4.44.